The molecule has 0 aromatic rings. The summed E-state index contributed by atoms with van der Waals surface area (Å²) in [6, 6.07) is 0. The highest BCUT2D eigenvalue weighted by Crippen LogP contribution is 2.20. The number of rotatable bonds is 6. The molecule has 0 radical (unpaired) electrons. The molecule has 0 bridgehead atoms. The Morgan fingerprint density at radius 1 is 1.24 bits per heavy atom. The molecule has 0 amide bonds. The molecule has 0 atom stereocenters. The molecule has 0 fully saturated rings. The Kier molecular flexibility index (Phi) is 10.4. The molecule has 118 valence electrons. The van der Waals surface area contributed by atoms with E-state index in [-0.39, 0.29) is 0 Å². The average Bonchev–Trinajstić information content (AvgIpc) is 2.52. The third kappa shape index (κ3) is 6.67. The Morgan fingerprint density at radius 3 is 2.33 bits per heavy atom. The summed E-state index contributed by atoms with van der Waals surface area (Å²) in [7, 11) is 7.09. The van der Waals surface area contributed by atoms with Gasteiger partial charge in [0.1, 0.15) is 0 Å². The van der Waals surface area contributed by atoms with Crippen LogP contribution in [0.3, 0.4) is 0 Å². The summed E-state index contributed by atoms with van der Waals surface area (Å²) in [5.41, 5.74) is 4.58. The fourth-order valence-electron chi connectivity index (χ4n) is 1.82. The number of hydrogen-bond donors (Lipinski definition) is 1. The van der Waals surface area contributed by atoms with Gasteiger partial charge in [-0.2, -0.15) is 0 Å². The largest absolute Gasteiger partial charge is 0.476 e. The highest BCUT2D eigenvalue weighted by Gasteiger charge is 2.10. The SMILES string of the molecule is C/C=C(C/C=C/SC(=NC)OC)\C(C(C)=NC)=C(/C)NC. The minimum Gasteiger partial charge on any atom is -0.476 e. The Balaban J connectivity index is 5.05. The van der Waals surface area contributed by atoms with E-state index < -0.39 is 0 Å². The summed E-state index contributed by atoms with van der Waals surface area (Å²) < 4.78 is 5.10. The van der Waals surface area contributed by atoms with Crippen LogP contribution in [-0.2, 0) is 4.74 Å². The summed E-state index contributed by atoms with van der Waals surface area (Å²) in [6.07, 6.45) is 5.08. The van der Waals surface area contributed by atoms with Gasteiger partial charge in [-0.3, -0.25) is 4.99 Å². The summed E-state index contributed by atoms with van der Waals surface area (Å²) in [6.45, 7) is 6.15. The zero-order chi connectivity index (χ0) is 16.3. The fourth-order valence-corrected chi connectivity index (χ4v) is 2.33. The van der Waals surface area contributed by atoms with Crippen LogP contribution in [0.1, 0.15) is 27.2 Å². The normalized spacial score (nSPS) is 15.3. The Labute approximate surface area is 133 Å². The van der Waals surface area contributed by atoms with Crippen LogP contribution in [0, 0.1) is 0 Å². The first-order valence-electron chi connectivity index (χ1n) is 6.86. The molecule has 0 unspecified atom stereocenters. The van der Waals surface area contributed by atoms with Gasteiger partial charge >= 0.3 is 0 Å². The molecule has 0 aliphatic heterocycles. The number of nitrogens with one attached hydrogen (secondary N) is 1. The number of hydrogen-bond acceptors (Lipinski definition) is 5. The lowest BCUT2D eigenvalue weighted by molar-refractivity contribution is 0.415. The third-order valence-corrected chi connectivity index (χ3v) is 3.96. The van der Waals surface area contributed by atoms with E-state index in [0.717, 1.165) is 17.8 Å². The molecule has 0 saturated heterocycles. The summed E-state index contributed by atoms with van der Waals surface area (Å²) in [5, 5.41) is 5.87. The molecule has 0 spiro atoms. The number of methoxy groups -OCH3 is 1. The van der Waals surface area contributed by atoms with Crippen LogP contribution < -0.4 is 5.32 Å². The zero-order valence-electron chi connectivity index (χ0n) is 14.2. The monoisotopic (exact) mass is 309 g/mol. The average molecular weight is 309 g/mol. The highest BCUT2D eigenvalue weighted by molar-refractivity contribution is 8.16. The van der Waals surface area contributed by atoms with Crippen molar-refractivity contribution >= 4 is 22.7 Å². The molecule has 0 aliphatic rings. The van der Waals surface area contributed by atoms with Gasteiger partial charge in [-0.05, 0) is 49.9 Å². The van der Waals surface area contributed by atoms with Crippen LogP contribution in [0.25, 0.3) is 0 Å². The second-order valence-corrected chi connectivity index (χ2v) is 5.12. The van der Waals surface area contributed by atoms with Gasteiger partial charge in [0.2, 0.25) is 5.23 Å². The van der Waals surface area contributed by atoms with Crippen molar-refractivity contribution in [3.8, 4) is 0 Å². The molecular formula is C16H27N3OS. The van der Waals surface area contributed by atoms with Gasteiger partial charge in [0.25, 0.3) is 0 Å². The number of ether oxygens (including phenoxy) is 1. The van der Waals surface area contributed by atoms with E-state index >= 15 is 0 Å². The molecule has 0 saturated carbocycles. The number of aliphatic imine (C=N–C) groups is 2. The van der Waals surface area contributed by atoms with Crippen molar-refractivity contribution in [3.63, 3.8) is 0 Å². The molecule has 0 aromatic heterocycles. The second kappa shape index (κ2) is 11.2. The maximum atomic E-state index is 5.10. The van der Waals surface area contributed by atoms with E-state index in [1.165, 1.54) is 22.9 Å². The lowest BCUT2D eigenvalue weighted by Gasteiger charge is -2.14. The number of nitrogens with zero attached hydrogens (tertiary/aromatic N) is 2. The van der Waals surface area contributed by atoms with Crippen molar-refractivity contribution in [3.05, 3.63) is 34.4 Å². The van der Waals surface area contributed by atoms with E-state index in [4.69, 9.17) is 4.74 Å². The predicted molar refractivity (Wildman–Crippen MR) is 96.3 cm³/mol. The van der Waals surface area contributed by atoms with Gasteiger partial charge < -0.3 is 10.1 Å². The molecule has 0 aliphatic carbocycles. The van der Waals surface area contributed by atoms with Crippen LogP contribution in [0.2, 0.25) is 0 Å². The van der Waals surface area contributed by atoms with E-state index in [1.807, 2.05) is 26.4 Å². The Bertz CT molecular complexity index is 474. The quantitative estimate of drug-likeness (QED) is 0.461. The summed E-state index contributed by atoms with van der Waals surface area (Å²) in [4.78, 5) is 8.33. The minimum atomic E-state index is 0.654. The maximum Gasteiger partial charge on any atom is 0.249 e. The third-order valence-electron chi connectivity index (χ3n) is 3.08. The van der Waals surface area contributed by atoms with Gasteiger partial charge in [-0.15, -0.1) is 0 Å². The van der Waals surface area contributed by atoms with E-state index in [2.05, 4.69) is 41.3 Å². The lowest BCUT2D eigenvalue weighted by atomic mass is 9.97. The van der Waals surface area contributed by atoms with Gasteiger partial charge in [0.05, 0.1) is 7.11 Å². The maximum absolute atomic E-state index is 5.10. The van der Waals surface area contributed by atoms with Gasteiger partial charge in [0.15, 0.2) is 0 Å². The summed E-state index contributed by atoms with van der Waals surface area (Å²) >= 11 is 1.47. The van der Waals surface area contributed by atoms with Crippen molar-refractivity contribution in [2.45, 2.75) is 27.2 Å². The van der Waals surface area contributed by atoms with E-state index in [9.17, 15) is 0 Å². The first kappa shape index (κ1) is 19.5. The first-order chi connectivity index (χ1) is 10.0. The second-order valence-electron chi connectivity index (χ2n) is 4.26. The van der Waals surface area contributed by atoms with Crippen LogP contribution >= 0.6 is 11.8 Å². The minimum absolute atomic E-state index is 0.654. The van der Waals surface area contributed by atoms with Crippen LogP contribution in [0.5, 0.6) is 0 Å². The van der Waals surface area contributed by atoms with Gasteiger partial charge in [0, 0.05) is 38.1 Å². The molecule has 1 N–H and O–H groups in total. The summed E-state index contributed by atoms with van der Waals surface area (Å²) in [5.74, 6) is 0. The van der Waals surface area contributed by atoms with Crippen LogP contribution in [0.4, 0.5) is 0 Å². The van der Waals surface area contributed by atoms with Crippen molar-refractivity contribution < 1.29 is 4.74 Å². The molecule has 5 heteroatoms. The van der Waals surface area contributed by atoms with Crippen molar-refractivity contribution in [2.75, 3.05) is 28.3 Å². The van der Waals surface area contributed by atoms with Crippen molar-refractivity contribution in [1.29, 1.82) is 0 Å². The standard InChI is InChI=1S/C16H27N3OS/c1-8-14(10-9-11-21-16(19-6)20-7)15(12(2)17-4)13(3)18-5/h8-9,11,17H,10H2,1-7H3/b11-9+,14-8-,15-12+,18-13?,19-16?. The van der Waals surface area contributed by atoms with Gasteiger partial charge in [-0.25, -0.2) is 4.99 Å². The highest BCUT2D eigenvalue weighted by atomic mass is 32.2. The van der Waals surface area contributed by atoms with Gasteiger partial charge in [-0.1, -0.05) is 12.2 Å². The lowest BCUT2D eigenvalue weighted by Crippen LogP contribution is -2.12. The molecular weight excluding hydrogens is 282 g/mol. The van der Waals surface area contributed by atoms with Crippen molar-refractivity contribution in [1.82, 2.24) is 5.32 Å². The molecule has 0 rings (SSSR count). The number of allylic oxidation sites excluding steroid dienone is 5. The van der Waals surface area contributed by atoms with Crippen LogP contribution in [0.15, 0.2) is 44.4 Å². The van der Waals surface area contributed by atoms with Crippen LogP contribution in [-0.4, -0.2) is 39.2 Å². The number of thioether (sulfide) groups is 1. The molecule has 0 aromatic carbocycles. The zero-order valence-corrected chi connectivity index (χ0v) is 15.0. The van der Waals surface area contributed by atoms with E-state index in [1.54, 1.807) is 14.2 Å². The molecule has 21 heavy (non-hydrogen) atoms. The van der Waals surface area contributed by atoms with Crippen molar-refractivity contribution in [2.24, 2.45) is 9.98 Å². The first-order valence-corrected chi connectivity index (χ1v) is 7.73. The smallest absolute Gasteiger partial charge is 0.249 e. The topological polar surface area (TPSA) is 46.0 Å². The molecule has 4 nitrogen and oxygen atoms in total. The molecule has 0 heterocycles. The Morgan fingerprint density at radius 2 is 1.90 bits per heavy atom. The predicted octanol–water partition coefficient (Wildman–Crippen LogP) is 3.79. The van der Waals surface area contributed by atoms with E-state index in [0.29, 0.717) is 5.23 Å². The fraction of sp³-hybridized carbons (Fsp3) is 0.500. The Hall–Kier alpha value is -1.49.